The lowest BCUT2D eigenvalue weighted by molar-refractivity contribution is -0.0113. The van der Waals surface area contributed by atoms with Crippen molar-refractivity contribution in [3.8, 4) is 28.4 Å². The number of aliphatic hydroxyl groups is 3. The number of fused-ring (bicyclic) bond motifs is 1. The van der Waals surface area contributed by atoms with Crippen LogP contribution in [0.15, 0.2) is 54.6 Å². The van der Waals surface area contributed by atoms with Crippen molar-refractivity contribution in [2.45, 2.75) is 44.0 Å². The summed E-state index contributed by atoms with van der Waals surface area (Å²) in [7, 11) is 0. The zero-order valence-corrected chi connectivity index (χ0v) is 22.6. The first-order valence-corrected chi connectivity index (χ1v) is 14.0. The van der Waals surface area contributed by atoms with Gasteiger partial charge in [0.2, 0.25) is 0 Å². The number of β-amino-alcohol motifs (C(OH)–C–C–N with tert-alkyl or cyclic N) is 1. The summed E-state index contributed by atoms with van der Waals surface area (Å²) in [6, 6.07) is 17.5. The third-order valence-electron chi connectivity index (χ3n) is 7.90. The number of hydrogen-bond acceptors (Lipinski definition) is 7. The molecule has 0 spiro atoms. The zero-order chi connectivity index (χ0) is 27.8. The molecule has 0 radical (unpaired) electrons. The van der Waals surface area contributed by atoms with E-state index in [1.54, 1.807) is 11.0 Å². The molecule has 40 heavy (non-hydrogen) atoms. The highest BCUT2D eigenvalue weighted by Crippen LogP contribution is 2.32. The molecule has 0 bridgehead atoms. The molecule has 1 amide bonds. The van der Waals surface area contributed by atoms with Crippen molar-refractivity contribution in [1.82, 2.24) is 19.9 Å². The highest BCUT2D eigenvalue weighted by molar-refractivity contribution is 6.33. The number of aliphatic hydroxyl groups excluding tert-OH is 3. The van der Waals surface area contributed by atoms with Gasteiger partial charge in [0.15, 0.2) is 5.65 Å². The molecule has 208 valence electrons. The molecular weight excluding hydrogens is 532 g/mol. The van der Waals surface area contributed by atoms with Gasteiger partial charge in [-0.25, -0.2) is 4.98 Å². The van der Waals surface area contributed by atoms with Gasteiger partial charge in [-0.15, -0.1) is 0 Å². The molecule has 2 fully saturated rings. The van der Waals surface area contributed by atoms with Gasteiger partial charge < -0.3 is 29.9 Å². The number of rotatable bonds is 6. The molecule has 2 aromatic carbocycles. The molecule has 4 aromatic rings. The van der Waals surface area contributed by atoms with E-state index in [4.69, 9.17) is 16.3 Å². The van der Waals surface area contributed by atoms with Gasteiger partial charge in [0.1, 0.15) is 6.10 Å². The highest BCUT2D eigenvalue weighted by Gasteiger charge is 2.30. The van der Waals surface area contributed by atoms with Crippen LogP contribution in [0.4, 0.5) is 0 Å². The lowest BCUT2D eigenvalue weighted by Gasteiger charge is -2.31. The van der Waals surface area contributed by atoms with E-state index in [0.717, 1.165) is 23.1 Å². The number of pyridine rings is 1. The van der Waals surface area contributed by atoms with E-state index in [2.05, 4.69) is 15.0 Å². The van der Waals surface area contributed by atoms with Crippen molar-refractivity contribution in [2.24, 2.45) is 5.92 Å². The average Bonchev–Trinajstić information content (AvgIpc) is 3.57. The number of amides is 1. The number of carbonyl (C=O) groups excluding carboxylic acids is 1. The summed E-state index contributed by atoms with van der Waals surface area (Å²) in [5.41, 5.74) is 5.15. The fourth-order valence-corrected chi connectivity index (χ4v) is 5.80. The van der Waals surface area contributed by atoms with E-state index in [-0.39, 0.29) is 24.5 Å². The number of H-pyrrole nitrogens is 1. The fraction of sp³-hybridized carbons (Fsp3) is 0.367. The number of halogens is 1. The van der Waals surface area contributed by atoms with E-state index < -0.39 is 12.2 Å². The van der Waals surface area contributed by atoms with E-state index >= 15 is 0 Å². The Morgan fingerprint density at radius 3 is 2.35 bits per heavy atom. The summed E-state index contributed by atoms with van der Waals surface area (Å²) in [6.45, 7) is 0.936. The molecule has 2 aromatic heterocycles. The third kappa shape index (κ3) is 5.42. The second-order valence-electron chi connectivity index (χ2n) is 10.6. The number of hydrogen-bond donors (Lipinski definition) is 4. The van der Waals surface area contributed by atoms with Gasteiger partial charge in [0, 0.05) is 43.2 Å². The zero-order valence-electron chi connectivity index (χ0n) is 21.8. The van der Waals surface area contributed by atoms with Crippen molar-refractivity contribution in [2.75, 3.05) is 19.7 Å². The standard InChI is InChI=1S/C30H31ClN4O5/c31-24-14-25-28(34-30(32-25)40-23-10-9-21(16-36)26(38)13-23)33-27(24)19-5-1-17(2-6-19)18-3-7-20(8-4-18)29(39)35-12-11-22(37)15-35/h1-8,14,21-23,26,36-38H,9-13,15-16H2,(H,32,33,34)/t21-,22-,23?,26+/m1/s1. The topological polar surface area (TPSA) is 132 Å². The van der Waals surface area contributed by atoms with Gasteiger partial charge in [0.25, 0.3) is 11.9 Å². The number of nitrogens with one attached hydrogen (secondary N) is 1. The summed E-state index contributed by atoms with van der Waals surface area (Å²) in [5, 5.41) is 29.8. The number of benzene rings is 2. The van der Waals surface area contributed by atoms with Gasteiger partial charge >= 0.3 is 0 Å². The second kappa shape index (κ2) is 11.2. The molecule has 1 aliphatic heterocycles. The van der Waals surface area contributed by atoms with E-state index in [1.807, 2.05) is 48.5 Å². The number of imidazole rings is 1. The molecule has 3 heterocycles. The van der Waals surface area contributed by atoms with Gasteiger partial charge in [-0.2, -0.15) is 4.98 Å². The fourth-order valence-electron chi connectivity index (χ4n) is 5.54. The Kier molecular flexibility index (Phi) is 7.46. The maximum Gasteiger partial charge on any atom is 0.296 e. The third-order valence-corrected chi connectivity index (χ3v) is 8.19. The van der Waals surface area contributed by atoms with Crippen molar-refractivity contribution in [3.63, 3.8) is 0 Å². The van der Waals surface area contributed by atoms with Crippen LogP contribution in [0.3, 0.4) is 0 Å². The van der Waals surface area contributed by atoms with Crippen molar-refractivity contribution >= 4 is 28.7 Å². The Balaban J connectivity index is 1.16. The predicted molar refractivity (Wildman–Crippen MR) is 151 cm³/mol. The highest BCUT2D eigenvalue weighted by atomic mass is 35.5. The molecule has 2 aliphatic rings. The lowest BCUT2D eigenvalue weighted by Crippen LogP contribution is -2.36. The summed E-state index contributed by atoms with van der Waals surface area (Å²) in [6.07, 6.45) is 1.25. The molecule has 4 atom stereocenters. The van der Waals surface area contributed by atoms with Crippen LogP contribution in [-0.2, 0) is 0 Å². The van der Waals surface area contributed by atoms with Crippen LogP contribution in [0, 0.1) is 5.92 Å². The first-order chi connectivity index (χ1) is 19.4. The Bertz CT molecular complexity index is 1510. The molecule has 10 heteroatoms. The molecule has 1 saturated heterocycles. The first kappa shape index (κ1) is 26.7. The second-order valence-corrected chi connectivity index (χ2v) is 11.1. The number of carbonyl (C=O) groups is 1. The summed E-state index contributed by atoms with van der Waals surface area (Å²) < 4.78 is 5.98. The predicted octanol–water partition coefficient (Wildman–Crippen LogP) is 4.05. The largest absolute Gasteiger partial charge is 0.461 e. The molecule has 1 aliphatic carbocycles. The van der Waals surface area contributed by atoms with Crippen molar-refractivity contribution in [3.05, 3.63) is 65.2 Å². The number of aromatic nitrogens is 3. The molecule has 1 saturated carbocycles. The van der Waals surface area contributed by atoms with E-state index in [1.165, 1.54) is 0 Å². The Hall–Kier alpha value is -3.50. The minimum atomic E-state index is -0.597. The Morgan fingerprint density at radius 2 is 1.70 bits per heavy atom. The normalized spacial score (nSPS) is 23.1. The van der Waals surface area contributed by atoms with Crippen molar-refractivity contribution in [1.29, 1.82) is 0 Å². The quantitative estimate of drug-likeness (QED) is 0.279. The maximum atomic E-state index is 12.7. The van der Waals surface area contributed by atoms with Crippen LogP contribution in [0.5, 0.6) is 6.01 Å². The van der Waals surface area contributed by atoms with Gasteiger partial charge in [0.05, 0.1) is 28.4 Å². The van der Waals surface area contributed by atoms with E-state index in [0.29, 0.717) is 65.8 Å². The SMILES string of the molecule is O=C(c1ccc(-c2ccc(-c3nc4nc(OC5CC[C@H](CO)[C@@H](O)C5)[nH]c4cc3Cl)cc2)cc1)N1CC[C@@H](O)C1. The molecule has 4 N–H and O–H groups in total. The average molecular weight is 563 g/mol. The smallest absolute Gasteiger partial charge is 0.296 e. The minimum absolute atomic E-state index is 0.0245. The number of aromatic amines is 1. The van der Waals surface area contributed by atoms with Crippen LogP contribution in [0.2, 0.25) is 5.02 Å². The van der Waals surface area contributed by atoms with Crippen molar-refractivity contribution < 1.29 is 24.9 Å². The van der Waals surface area contributed by atoms with Gasteiger partial charge in [-0.3, -0.25) is 4.79 Å². The molecular formula is C30H31ClN4O5. The van der Waals surface area contributed by atoms with Crippen LogP contribution in [-0.4, -0.2) is 79.1 Å². The molecule has 6 rings (SSSR count). The van der Waals surface area contributed by atoms with Crippen LogP contribution in [0.25, 0.3) is 33.5 Å². The number of ether oxygens (including phenoxy) is 1. The van der Waals surface area contributed by atoms with Gasteiger partial charge in [-0.05, 0) is 48.6 Å². The monoisotopic (exact) mass is 562 g/mol. The van der Waals surface area contributed by atoms with Crippen LogP contribution in [0.1, 0.15) is 36.0 Å². The maximum absolute atomic E-state index is 12.7. The van der Waals surface area contributed by atoms with E-state index in [9.17, 15) is 20.1 Å². The first-order valence-electron chi connectivity index (χ1n) is 13.6. The summed E-state index contributed by atoms with van der Waals surface area (Å²) in [4.78, 5) is 26.6. The summed E-state index contributed by atoms with van der Waals surface area (Å²) >= 11 is 6.60. The minimum Gasteiger partial charge on any atom is -0.461 e. The molecule has 1 unspecified atom stereocenters. The molecule has 9 nitrogen and oxygen atoms in total. The number of likely N-dealkylation sites (tertiary alicyclic amines) is 1. The number of nitrogens with zero attached hydrogens (tertiary/aromatic N) is 3. The lowest BCUT2D eigenvalue weighted by atomic mass is 9.85. The Morgan fingerprint density at radius 1 is 1.00 bits per heavy atom. The Labute approximate surface area is 236 Å². The summed E-state index contributed by atoms with van der Waals surface area (Å²) in [5.74, 6) is -0.169. The van der Waals surface area contributed by atoms with Crippen LogP contribution < -0.4 is 4.74 Å². The van der Waals surface area contributed by atoms with Crippen LogP contribution >= 0.6 is 11.6 Å². The van der Waals surface area contributed by atoms with Gasteiger partial charge in [-0.1, -0.05) is 48.0 Å².